The number of carbonyl (C=O) groups is 1. The van der Waals surface area contributed by atoms with Crippen LogP contribution in [0.3, 0.4) is 0 Å². The fraction of sp³-hybridized carbons (Fsp3) is 0.316. The van der Waals surface area contributed by atoms with Crippen LogP contribution in [-0.4, -0.2) is 45.0 Å². The normalized spacial score (nSPS) is 17.6. The zero-order valence-corrected chi connectivity index (χ0v) is 14.1. The number of nitrogens with zero attached hydrogens (tertiary/aromatic N) is 3. The van der Waals surface area contributed by atoms with Gasteiger partial charge in [-0.25, -0.2) is 4.98 Å². The van der Waals surface area contributed by atoms with Crippen molar-refractivity contribution in [3.05, 3.63) is 54.1 Å². The van der Waals surface area contributed by atoms with Gasteiger partial charge in [-0.3, -0.25) is 4.79 Å². The van der Waals surface area contributed by atoms with Crippen LogP contribution in [-0.2, 0) is 0 Å². The summed E-state index contributed by atoms with van der Waals surface area (Å²) in [4.78, 5) is 26.2. The van der Waals surface area contributed by atoms with Gasteiger partial charge < -0.3 is 14.6 Å². The molecule has 4 rings (SSSR count). The molecular weight excluding hydrogens is 316 g/mol. The average Bonchev–Trinajstić information content (AvgIpc) is 3.09. The molecule has 0 saturated carbocycles. The predicted molar refractivity (Wildman–Crippen MR) is 94.6 cm³/mol. The minimum atomic E-state index is -0.0389. The van der Waals surface area contributed by atoms with Crippen LogP contribution >= 0.6 is 0 Å². The molecule has 0 spiro atoms. The van der Waals surface area contributed by atoms with Crippen LogP contribution in [0.25, 0.3) is 10.9 Å². The summed E-state index contributed by atoms with van der Waals surface area (Å²) < 4.78 is 5.96. The van der Waals surface area contributed by atoms with Gasteiger partial charge in [-0.2, -0.15) is 4.98 Å². The van der Waals surface area contributed by atoms with Gasteiger partial charge >= 0.3 is 0 Å². The van der Waals surface area contributed by atoms with Crippen molar-refractivity contribution in [3.8, 4) is 5.88 Å². The third-order valence-corrected chi connectivity index (χ3v) is 4.50. The standard InChI is InChI=1S/C19H20N4O2/c1-13-20-9-7-18(22-13)25-16-3-2-10-23(12-16)19(24)15-4-5-17-14(11-15)6-8-21-17/h4-9,11,16,21H,2-3,10,12H2,1H3. The molecular formula is C19H20N4O2. The number of ether oxygens (including phenoxy) is 1. The summed E-state index contributed by atoms with van der Waals surface area (Å²) in [6, 6.07) is 9.50. The number of piperidine rings is 1. The molecule has 1 atom stereocenters. The maximum absolute atomic E-state index is 12.9. The number of rotatable bonds is 3. The second kappa shape index (κ2) is 6.55. The van der Waals surface area contributed by atoms with Crippen LogP contribution in [0.1, 0.15) is 29.0 Å². The Morgan fingerprint density at radius 1 is 1.32 bits per heavy atom. The second-order valence-electron chi connectivity index (χ2n) is 6.36. The minimum absolute atomic E-state index is 0.0389. The predicted octanol–water partition coefficient (Wildman–Crippen LogP) is 2.95. The van der Waals surface area contributed by atoms with Crippen LogP contribution in [0.2, 0.25) is 0 Å². The highest BCUT2D eigenvalue weighted by Gasteiger charge is 2.26. The first-order valence-corrected chi connectivity index (χ1v) is 8.52. The first-order valence-electron chi connectivity index (χ1n) is 8.52. The Labute approximate surface area is 145 Å². The van der Waals surface area contributed by atoms with E-state index < -0.39 is 0 Å². The second-order valence-corrected chi connectivity index (χ2v) is 6.36. The van der Waals surface area contributed by atoms with Crippen molar-refractivity contribution in [2.24, 2.45) is 0 Å². The number of aromatic nitrogens is 3. The number of carbonyl (C=O) groups excluding carboxylic acids is 1. The maximum Gasteiger partial charge on any atom is 0.254 e. The largest absolute Gasteiger partial charge is 0.472 e. The molecule has 3 aromatic rings. The molecule has 0 aliphatic carbocycles. The van der Waals surface area contributed by atoms with Gasteiger partial charge in [-0.05, 0) is 44.0 Å². The Kier molecular flexibility index (Phi) is 4.09. The van der Waals surface area contributed by atoms with E-state index in [0.29, 0.717) is 23.8 Å². The number of hydrogen-bond acceptors (Lipinski definition) is 4. The van der Waals surface area contributed by atoms with Gasteiger partial charge in [0.05, 0.1) is 6.54 Å². The molecule has 6 nitrogen and oxygen atoms in total. The topological polar surface area (TPSA) is 71.1 Å². The van der Waals surface area contributed by atoms with E-state index in [-0.39, 0.29) is 12.0 Å². The molecule has 2 aromatic heterocycles. The molecule has 1 amide bonds. The lowest BCUT2D eigenvalue weighted by Gasteiger charge is -2.32. The van der Waals surface area contributed by atoms with E-state index in [4.69, 9.17) is 4.74 Å². The molecule has 3 heterocycles. The van der Waals surface area contributed by atoms with Gasteiger partial charge in [-0.1, -0.05) is 0 Å². The van der Waals surface area contributed by atoms with Gasteiger partial charge in [0.2, 0.25) is 5.88 Å². The number of likely N-dealkylation sites (tertiary alicyclic amines) is 1. The number of nitrogens with one attached hydrogen (secondary N) is 1. The highest BCUT2D eigenvalue weighted by Crippen LogP contribution is 2.20. The zero-order valence-electron chi connectivity index (χ0n) is 14.1. The molecule has 1 unspecified atom stereocenters. The van der Waals surface area contributed by atoms with E-state index in [2.05, 4.69) is 15.0 Å². The zero-order chi connectivity index (χ0) is 17.2. The smallest absolute Gasteiger partial charge is 0.254 e. The summed E-state index contributed by atoms with van der Waals surface area (Å²) in [7, 11) is 0. The summed E-state index contributed by atoms with van der Waals surface area (Å²) in [5.74, 6) is 1.30. The highest BCUT2D eigenvalue weighted by atomic mass is 16.5. The van der Waals surface area contributed by atoms with Crippen LogP contribution in [0.5, 0.6) is 5.88 Å². The van der Waals surface area contributed by atoms with Crippen molar-refractivity contribution in [1.82, 2.24) is 19.9 Å². The maximum atomic E-state index is 12.9. The lowest BCUT2D eigenvalue weighted by Crippen LogP contribution is -2.44. The molecule has 1 saturated heterocycles. The molecule has 1 aliphatic heterocycles. The molecule has 1 fully saturated rings. The average molecular weight is 336 g/mol. The van der Waals surface area contributed by atoms with Crippen molar-refractivity contribution in [2.75, 3.05) is 13.1 Å². The Morgan fingerprint density at radius 2 is 2.24 bits per heavy atom. The van der Waals surface area contributed by atoms with Crippen molar-refractivity contribution in [3.63, 3.8) is 0 Å². The number of fused-ring (bicyclic) bond motifs is 1. The fourth-order valence-corrected chi connectivity index (χ4v) is 3.26. The van der Waals surface area contributed by atoms with Crippen LogP contribution in [0.4, 0.5) is 0 Å². The van der Waals surface area contributed by atoms with Gasteiger partial charge in [0.25, 0.3) is 5.91 Å². The summed E-state index contributed by atoms with van der Waals surface area (Å²) in [5.41, 5.74) is 1.75. The van der Waals surface area contributed by atoms with Gasteiger partial charge in [0, 0.05) is 41.5 Å². The van der Waals surface area contributed by atoms with Crippen LogP contribution < -0.4 is 4.74 Å². The molecule has 1 aromatic carbocycles. The van der Waals surface area contributed by atoms with Crippen molar-refractivity contribution < 1.29 is 9.53 Å². The third-order valence-electron chi connectivity index (χ3n) is 4.50. The van der Waals surface area contributed by atoms with E-state index in [1.807, 2.05) is 42.3 Å². The van der Waals surface area contributed by atoms with E-state index >= 15 is 0 Å². The first kappa shape index (κ1) is 15.6. The summed E-state index contributed by atoms with van der Waals surface area (Å²) in [6.07, 6.45) is 5.38. The van der Waals surface area contributed by atoms with E-state index in [1.54, 1.807) is 12.3 Å². The SMILES string of the molecule is Cc1nccc(OC2CCCN(C(=O)c3ccc4[nH]ccc4c3)C2)n1. The van der Waals surface area contributed by atoms with Crippen LogP contribution in [0, 0.1) is 6.92 Å². The quantitative estimate of drug-likeness (QED) is 0.798. The highest BCUT2D eigenvalue weighted by molar-refractivity contribution is 5.98. The third kappa shape index (κ3) is 3.33. The van der Waals surface area contributed by atoms with Crippen LogP contribution in [0.15, 0.2) is 42.7 Å². The molecule has 0 bridgehead atoms. The van der Waals surface area contributed by atoms with E-state index in [1.165, 1.54) is 0 Å². The van der Waals surface area contributed by atoms with E-state index in [0.717, 1.165) is 30.3 Å². The Balaban J connectivity index is 1.47. The van der Waals surface area contributed by atoms with Crippen molar-refractivity contribution in [1.29, 1.82) is 0 Å². The molecule has 25 heavy (non-hydrogen) atoms. The molecule has 1 N–H and O–H groups in total. The minimum Gasteiger partial charge on any atom is -0.472 e. The monoisotopic (exact) mass is 336 g/mol. The number of aryl methyl sites for hydroxylation is 1. The molecule has 1 aliphatic rings. The lowest BCUT2D eigenvalue weighted by atomic mass is 10.1. The fourth-order valence-electron chi connectivity index (χ4n) is 3.26. The number of H-pyrrole nitrogens is 1. The van der Waals surface area contributed by atoms with Crippen molar-refractivity contribution >= 4 is 16.8 Å². The van der Waals surface area contributed by atoms with Gasteiger partial charge in [0.1, 0.15) is 11.9 Å². The Hall–Kier alpha value is -2.89. The molecule has 6 heteroatoms. The summed E-state index contributed by atoms with van der Waals surface area (Å²) in [6.45, 7) is 3.17. The van der Waals surface area contributed by atoms with Gasteiger partial charge in [0.15, 0.2) is 0 Å². The lowest BCUT2D eigenvalue weighted by molar-refractivity contribution is 0.0527. The molecule has 128 valence electrons. The number of amides is 1. The molecule has 0 radical (unpaired) electrons. The Bertz CT molecular complexity index is 905. The Morgan fingerprint density at radius 3 is 3.12 bits per heavy atom. The first-order chi connectivity index (χ1) is 12.2. The van der Waals surface area contributed by atoms with E-state index in [9.17, 15) is 4.79 Å². The van der Waals surface area contributed by atoms with Gasteiger partial charge in [-0.15, -0.1) is 0 Å². The number of aromatic amines is 1. The van der Waals surface area contributed by atoms with Crippen molar-refractivity contribution in [2.45, 2.75) is 25.9 Å². The summed E-state index contributed by atoms with van der Waals surface area (Å²) in [5, 5.41) is 1.05. The number of benzene rings is 1. The summed E-state index contributed by atoms with van der Waals surface area (Å²) >= 11 is 0. The number of hydrogen-bond donors (Lipinski definition) is 1.